The molecule has 0 aromatic carbocycles. The first-order valence-electron chi connectivity index (χ1n) is 4.57. The van der Waals surface area contributed by atoms with Crippen LogP contribution in [0.15, 0.2) is 6.20 Å². The highest BCUT2D eigenvalue weighted by molar-refractivity contribution is 7.80. The number of aromatic nitrogens is 2. The van der Waals surface area contributed by atoms with Crippen molar-refractivity contribution >= 4 is 23.0 Å². The van der Waals surface area contributed by atoms with E-state index in [-0.39, 0.29) is 0 Å². The van der Waals surface area contributed by atoms with E-state index in [1.165, 1.54) is 0 Å². The fraction of sp³-hybridized carbons (Fsp3) is 0.556. The Bertz CT molecular complexity index is 330. The molecule has 78 valence electrons. The molecule has 14 heavy (non-hydrogen) atoms. The number of rotatable bonds is 2. The van der Waals surface area contributed by atoms with Gasteiger partial charge in [-0.1, -0.05) is 0 Å². The third-order valence-electron chi connectivity index (χ3n) is 1.90. The van der Waals surface area contributed by atoms with Gasteiger partial charge < -0.3 is 10.6 Å². The Hall–Kier alpha value is -1.10. The second-order valence-corrected chi connectivity index (χ2v) is 3.93. The summed E-state index contributed by atoms with van der Waals surface area (Å²) < 4.78 is 1.81. The van der Waals surface area contributed by atoms with E-state index >= 15 is 0 Å². The molecule has 0 saturated carbocycles. The first-order valence-corrected chi connectivity index (χ1v) is 4.97. The lowest BCUT2D eigenvalue weighted by Gasteiger charge is -2.12. The van der Waals surface area contributed by atoms with Gasteiger partial charge in [-0.15, -0.1) is 0 Å². The van der Waals surface area contributed by atoms with Crippen molar-refractivity contribution in [1.82, 2.24) is 15.1 Å². The summed E-state index contributed by atoms with van der Waals surface area (Å²) in [5.74, 6) is 0. The number of hydrogen-bond donors (Lipinski definition) is 2. The third-order valence-corrected chi connectivity index (χ3v) is 2.12. The van der Waals surface area contributed by atoms with Gasteiger partial charge in [-0.05, 0) is 33.0 Å². The Labute approximate surface area is 89.7 Å². The molecule has 0 aliphatic rings. The maximum atomic E-state index is 5.12. The quantitative estimate of drug-likeness (QED) is 0.728. The second kappa shape index (κ2) is 4.41. The Morgan fingerprint density at radius 1 is 1.57 bits per heavy atom. The van der Waals surface area contributed by atoms with E-state index in [2.05, 4.69) is 15.7 Å². The van der Waals surface area contributed by atoms with Crippen molar-refractivity contribution in [3.8, 4) is 0 Å². The van der Waals surface area contributed by atoms with Gasteiger partial charge in [0.1, 0.15) is 0 Å². The molecule has 4 nitrogen and oxygen atoms in total. The average Bonchev–Trinajstić information content (AvgIpc) is 2.34. The van der Waals surface area contributed by atoms with E-state index in [1.54, 1.807) is 10.9 Å². The number of aryl methyl sites for hydroxylation is 1. The minimum Gasteiger partial charge on any atom is -0.360 e. The van der Waals surface area contributed by atoms with Gasteiger partial charge in [0.25, 0.3) is 0 Å². The molecule has 0 spiro atoms. The van der Waals surface area contributed by atoms with Crippen molar-refractivity contribution in [3.63, 3.8) is 0 Å². The van der Waals surface area contributed by atoms with E-state index < -0.39 is 0 Å². The van der Waals surface area contributed by atoms with E-state index in [9.17, 15) is 0 Å². The van der Waals surface area contributed by atoms with Crippen LogP contribution in [0.4, 0.5) is 5.69 Å². The number of anilines is 1. The minimum absolute atomic E-state index is 0.340. The van der Waals surface area contributed by atoms with Crippen LogP contribution in [0.2, 0.25) is 0 Å². The van der Waals surface area contributed by atoms with Gasteiger partial charge in [0, 0.05) is 13.1 Å². The van der Waals surface area contributed by atoms with Crippen molar-refractivity contribution < 1.29 is 0 Å². The normalized spacial score (nSPS) is 10.4. The molecule has 2 N–H and O–H groups in total. The summed E-state index contributed by atoms with van der Waals surface area (Å²) in [6, 6.07) is 0.340. The monoisotopic (exact) mass is 212 g/mol. The lowest BCUT2D eigenvalue weighted by Crippen LogP contribution is -2.34. The maximum Gasteiger partial charge on any atom is 0.171 e. The summed E-state index contributed by atoms with van der Waals surface area (Å²) in [5, 5.41) is 11.0. The molecule has 0 amide bonds. The lowest BCUT2D eigenvalue weighted by molar-refractivity contribution is 0.737. The van der Waals surface area contributed by atoms with E-state index in [0.29, 0.717) is 11.2 Å². The predicted octanol–water partition coefficient (Wildman–Crippen LogP) is 1.42. The molecular formula is C9H16N4S. The van der Waals surface area contributed by atoms with Crippen molar-refractivity contribution in [1.29, 1.82) is 0 Å². The molecule has 5 heteroatoms. The Balaban J connectivity index is 2.61. The predicted molar refractivity (Wildman–Crippen MR) is 62.4 cm³/mol. The van der Waals surface area contributed by atoms with Gasteiger partial charge in [-0.2, -0.15) is 5.10 Å². The zero-order valence-electron chi connectivity index (χ0n) is 8.96. The van der Waals surface area contributed by atoms with Crippen molar-refractivity contribution in [3.05, 3.63) is 11.9 Å². The molecule has 0 bridgehead atoms. The van der Waals surface area contributed by atoms with Gasteiger partial charge >= 0.3 is 0 Å². The van der Waals surface area contributed by atoms with Crippen LogP contribution in [0.1, 0.15) is 19.5 Å². The summed E-state index contributed by atoms with van der Waals surface area (Å²) in [6.45, 7) is 6.08. The third kappa shape index (κ3) is 2.70. The fourth-order valence-electron chi connectivity index (χ4n) is 1.04. The topological polar surface area (TPSA) is 41.9 Å². The highest BCUT2D eigenvalue weighted by atomic mass is 32.1. The van der Waals surface area contributed by atoms with Gasteiger partial charge in [-0.3, -0.25) is 4.68 Å². The molecule has 0 atom stereocenters. The molecule has 1 rings (SSSR count). The molecular weight excluding hydrogens is 196 g/mol. The molecule has 0 fully saturated rings. The van der Waals surface area contributed by atoms with Crippen LogP contribution in [0.25, 0.3) is 0 Å². The summed E-state index contributed by atoms with van der Waals surface area (Å²) in [7, 11) is 1.90. The largest absolute Gasteiger partial charge is 0.360 e. The smallest absolute Gasteiger partial charge is 0.171 e. The van der Waals surface area contributed by atoms with Gasteiger partial charge in [0.05, 0.1) is 17.6 Å². The van der Waals surface area contributed by atoms with Crippen LogP contribution in [-0.4, -0.2) is 20.9 Å². The minimum atomic E-state index is 0.340. The summed E-state index contributed by atoms with van der Waals surface area (Å²) in [4.78, 5) is 0. The van der Waals surface area contributed by atoms with Gasteiger partial charge in [-0.25, -0.2) is 0 Å². The zero-order chi connectivity index (χ0) is 10.7. The molecule has 1 aromatic rings. The molecule has 0 radical (unpaired) electrons. The van der Waals surface area contributed by atoms with Gasteiger partial charge in [0.2, 0.25) is 0 Å². The summed E-state index contributed by atoms with van der Waals surface area (Å²) >= 11 is 5.12. The van der Waals surface area contributed by atoms with Gasteiger partial charge in [0.15, 0.2) is 5.11 Å². The van der Waals surface area contributed by atoms with Crippen LogP contribution in [-0.2, 0) is 7.05 Å². The maximum absolute atomic E-state index is 5.12. The Kier molecular flexibility index (Phi) is 3.46. The molecule has 0 unspecified atom stereocenters. The van der Waals surface area contributed by atoms with Crippen molar-refractivity contribution in [2.75, 3.05) is 5.32 Å². The van der Waals surface area contributed by atoms with Crippen molar-refractivity contribution in [2.45, 2.75) is 26.8 Å². The fourth-order valence-corrected chi connectivity index (χ4v) is 1.39. The molecule has 0 aliphatic heterocycles. The summed E-state index contributed by atoms with van der Waals surface area (Å²) in [5.41, 5.74) is 2.02. The van der Waals surface area contributed by atoms with E-state index in [1.807, 2.05) is 27.8 Å². The molecule has 1 aromatic heterocycles. The van der Waals surface area contributed by atoms with E-state index in [0.717, 1.165) is 11.4 Å². The first kappa shape index (κ1) is 11.0. The van der Waals surface area contributed by atoms with Crippen molar-refractivity contribution in [2.24, 2.45) is 7.05 Å². The Morgan fingerprint density at radius 3 is 2.64 bits per heavy atom. The van der Waals surface area contributed by atoms with Crippen LogP contribution >= 0.6 is 12.2 Å². The van der Waals surface area contributed by atoms with Crippen LogP contribution in [0.5, 0.6) is 0 Å². The molecule has 1 heterocycles. The highest BCUT2D eigenvalue weighted by Crippen LogP contribution is 2.11. The van der Waals surface area contributed by atoms with Crippen LogP contribution in [0, 0.1) is 6.92 Å². The standard InChI is InChI=1S/C9H16N4S/c1-6(2)11-9(14)12-8-5-10-13(4)7(8)3/h5-6H,1-4H3,(H2,11,12,14). The number of thiocarbonyl (C=S) groups is 1. The SMILES string of the molecule is Cc1c(NC(=S)NC(C)C)cnn1C. The average molecular weight is 212 g/mol. The molecule has 0 saturated heterocycles. The van der Waals surface area contributed by atoms with Crippen LogP contribution < -0.4 is 10.6 Å². The number of nitrogens with one attached hydrogen (secondary N) is 2. The first-order chi connectivity index (χ1) is 6.50. The lowest BCUT2D eigenvalue weighted by atomic mass is 10.4. The number of hydrogen-bond acceptors (Lipinski definition) is 2. The Morgan fingerprint density at radius 2 is 2.21 bits per heavy atom. The van der Waals surface area contributed by atoms with E-state index in [4.69, 9.17) is 12.2 Å². The highest BCUT2D eigenvalue weighted by Gasteiger charge is 2.05. The number of nitrogens with zero attached hydrogens (tertiary/aromatic N) is 2. The summed E-state index contributed by atoms with van der Waals surface area (Å²) in [6.07, 6.45) is 1.77. The second-order valence-electron chi connectivity index (χ2n) is 3.52. The van der Waals surface area contributed by atoms with Crippen LogP contribution in [0.3, 0.4) is 0 Å². The molecule has 0 aliphatic carbocycles. The zero-order valence-corrected chi connectivity index (χ0v) is 9.77.